The van der Waals surface area contributed by atoms with E-state index in [-0.39, 0.29) is 18.4 Å². The van der Waals surface area contributed by atoms with Crippen molar-refractivity contribution in [2.45, 2.75) is 25.6 Å². The molecule has 1 heterocycles. The Morgan fingerprint density at radius 1 is 1.33 bits per heavy atom. The smallest absolute Gasteiger partial charge is 0.390 e. The van der Waals surface area contributed by atoms with Crippen LogP contribution in [-0.2, 0) is 0 Å². The molecule has 0 saturated carbocycles. The van der Waals surface area contributed by atoms with E-state index in [2.05, 4.69) is 5.16 Å². The molecule has 1 aliphatic rings. The zero-order valence-corrected chi connectivity index (χ0v) is 10.3. The monoisotopic (exact) mass is 268 g/mol. The van der Waals surface area contributed by atoms with Gasteiger partial charge in [0.25, 0.3) is 0 Å². The number of nitrogens with two attached hydrogens (primary N) is 1. The second-order valence-electron chi connectivity index (χ2n) is 4.44. The Kier molecular flexibility index (Phi) is 5.21. The van der Waals surface area contributed by atoms with Gasteiger partial charge in [-0.15, -0.1) is 0 Å². The van der Waals surface area contributed by atoms with Crippen molar-refractivity contribution in [3.05, 3.63) is 0 Å². The Morgan fingerprint density at radius 3 is 2.33 bits per heavy atom. The molecule has 1 unspecified atom stereocenters. The number of alkyl halides is 3. The molecule has 0 aromatic heterocycles. The molecule has 0 spiro atoms. The van der Waals surface area contributed by atoms with E-state index >= 15 is 0 Å². The summed E-state index contributed by atoms with van der Waals surface area (Å²) in [4.78, 5) is 3.77. The number of piperazine rings is 1. The van der Waals surface area contributed by atoms with Crippen LogP contribution in [0.1, 0.15) is 13.3 Å². The van der Waals surface area contributed by atoms with Gasteiger partial charge in [-0.25, -0.2) is 0 Å². The normalized spacial score (nSPS) is 22.1. The minimum atomic E-state index is -4.10. The first kappa shape index (κ1) is 15.0. The second kappa shape index (κ2) is 6.24. The van der Waals surface area contributed by atoms with Gasteiger partial charge in [0, 0.05) is 32.7 Å². The molecule has 0 aliphatic carbocycles. The second-order valence-corrected chi connectivity index (χ2v) is 4.44. The zero-order valence-electron chi connectivity index (χ0n) is 10.3. The predicted molar refractivity (Wildman–Crippen MR) is 61.6 cm³/mol. The average molecular weight is 268 g/mol. The SMILES string of the molecule is CC(C(N)=NO)N1CCN(CCC(F)(F)F)CC1. The highest BCUT2D eigenvalue weighted by Crippen LogP contribution is 2.20. The first-order valence-corrected chi connectivity index (χ1v) is 5.84. The number of hydrogen-bond acceptors (Lipinski definition) is 4. The van der Waals surface area contributed by atoms with Gasteiger partial charge in [-0.3, -0.25) is 4.90 Å². The quantitative estimate of drug-likeness (QED) is 0.341. The fraction of sp³-hybridized carbons (Fsp3) is 0.900. The van der Waals surface area contributed by atoms with Crippen molar-refractivity contribution in [3.63, 3.8) is 0 Å². The van der Waals surface area contributed by atoms with E-state index < -0.39 is 12.6 Å². The van der Waals surface area contributed by atoms with Crippen LogP contribution in [0, 0.1) is 0 Å². The molecule has 3 N–H and O–H groups in total. The minimum Gasteiger partial charge on any atom is -0.409 e. The fourth-order valence-electron chi connectivity index (χ4n) is 1.93. The molecule has 0 aromatic rings. The van der Waals surface area contributed by atoms with Gasteiger partial charge in [0.15, 0.2) is 5.84 Å². The van der Waals surface area contributed by atoms with E-state index in [0.717, 1.165) is 0 Å². The number of amidine groups is 1. The number of oxime groups is 1. The number of nitrogens with zero attached hydrogens (tertiary/aromatic N) is 3. The number of hydrogen-bond donors (Lipinski definition) is 2. The van der Waals surface area contributed by atoms with E-state index in [1.165, 1.54) is 0 Å². The maximum Gasteiger partial charge on any atom is 0.390 e. The van der Waals surface area contributed by atoms with Crippen molar-refractivity contribution < 1.29 is 18.4 Å². The summed E-state index contributed by atoms with van der Waals surface area (Å²) in [6, 6.07) is -0.195. The highest BCUT2D eigenvalue weighted by Gasteiger charge is 2.29. The topological polar surface area (TPSA) is 65.1 Å². The maximum absolute atomic E-state index is 12.1. The van der Waals surface area contributed by atoms with Crippen molar-refractivity contribution in [1.82, 2.24) is 9.80 Å². The van der Waals surface area contributed by atoms with Crippen molar-refractivity contribution in [3.8, 4) is 0 Å². The number of halogens is 3. The average Bonchev–Trinajstić information content (AvgIpc) is 2.34. The van der Waals surface area contributed by atoms with Crippen molar-refractivity contribution in [2.75, 3.05) is 32.7 Å². The lowest BCUT2D eigenvalue weighted by Crippen LogP contribution is -2.53. The van der Waals surface area contributed by atoms with Crippen LogP contribution < -0.4 is 5.73 Å². The third-order valence-corrected chi connectivity index (χ3v) is 3.21. The first-order valence-electron chi connectivity index (χ1n) is 5.84. The van der Waals surface area contributed by atoms with Gasteiger partial charge >= 0.3 is 6.18 Å². The minimum absolute atomic E-state index is 0.0370. The third kappa shape index (κ3) is 4.69. The van der Waals surface area contributed by atoms with Gasteiger partial charge in [-0.1, -0.05) is 5.16 Å². The molecule has 1 fully saturated rings. The summed E-state index contributed by atoms with van der Waals surface area (Å²) in [6.45, 7) is 4.22. The Bertz CT molecular complexity index is 287. The van der Waals surface area contributed by atoms with Crippen molar-refractivity contribution in [2.24, 2.45) is 10.9 Å². The van der Waals surface area contributed by atoms with Crippen molar-refractivity contribution >= 4 is 5.84 Å². The molecule has 5 nitrogen and oxygen atoms in total. The van der Waals surface area contributed by atoms with Crippen LogP contribution >= 0.6 is 0 Å². The van der Waals surface area contributed by atoms with E-state index in [9.17, 15) is 13.2 Å². The molecular weight excluding hydrogens is 249 g/mol. The summed E-state index contributed by atoms with van der Waals surface area (Å²) in [5.74, 6) is 0.124. The van der Waals surface area contributed by atoms with Crippen molar-refractivity contribution in [1.29, 1.82) is 0 Å². The summed E-state index contributed by atoms with van der Waals surface area (Å²) < 4.78 is 36.2. The van der Waals surface area contributed by atoms with Gasteiger partial charge in [-0.05, 0) is 6.92 Å². The first-order chi connectivity index (χ1) is 8.33. The Labute approximate surface area is 104 Å². The van der Waals surface area contributed by atoms with E-state index in [4.69, 9.17) is 10.9 Å². The molecule has 0 radical (unpaired) electrons. The van der Waals surface area contributed by atoms with Crippen LogP contribution in [-0.4, -0.2) is 65.8 Å². The molecule has 8 heteroatoms. The highest BCUT2D eigenvalue weighted by atomic mass is 19.4. The molecule has 0 amide bonds. The summed E-state index contributed by atoms with van der Waals surface area (Å²) in [6.07, 6.45) is -4.87. The molecule has 18 heavy (non-hydrogen) atoms. The summed E-state index contributed by atoms with van der Waals surface area (Å²) in [5, 5.41) is 11.5. The molecule has 1 atom stereocenters. The van der Waals surface area contributed by atoms with Gasteiger partial charge in [-0.2, -0.15) is 13.2 Å². The Hall–Kier alpha value is -1.02. The molecule has 1 rings (SSSR count). The molecular formula is C10H19F3N4O. The maximum atomic E-state index is 12.1. The lowest BCUT2D eigenvalue weighted by atomic mass is 10.2. The van der Waals surface area contributed by atoms with E-state index in [0.29, 0.717) is 26.2 Å². The van der Waals surface area contributed by atoms with Crippen LogP contribution in [0.2, 0.25) is 0 Å². The van der Waals surface area contributed by atoms with E-state index in [1.54, 1.807) is 11.8 Å². The zero-order chi connectivity index (χ0) is 13.8. The molecule has 0 aromatic carbocycles. The Morgan fingerprint density at radius 2 is 1.89 bits per heavy atom. The Balaban J connectivity index is 2.33. The lowest BCUT2D eigenvalue weighted by molar-refractivity contribution is -0.138. The van der Waals surface area contributed by atoms with Gasteiger partial charge in [0.1, 0.15) is 0 Å². The standard InChI is InChI=1S/C10H19F3N4O/c1-8(9(14)15-18)17-6-4-16(5-7-17)3-2-10(11,12)13/h8,18H,2-7H2,1H3,(H2,14,15). The van der Waals surface area contributed by atoms with E-state index in [1.807, 2.05) is 4.90 Å². The van der Waals surface area contributed by atoms with Crippen LogP contribution in [0.5, 0.6) is 0 Å². The van der Waals surface area contributed by atoms with Crippen LogP contribution in [0.25, 0.3) is 0 Å². The van der Waals surface area contributed by atoms with Gasteiger partial charge in [0.2, 0.25) is 0 Å². The highest BCUT2D eigenvalue weighted by molar-refractivity contribution is 5.84. The molecule has 1 aliphatic heterocycles. The van der Waals surface area contributed by atoms with Gasteiger partial charge in [0.05, 0.1) is 12.5 Å². The summed E-state index contributed by atoms with van der Waals surface area (Å²) in [5.41, 5.74) is 5.49. The van der Waals surface area contributed by atoms with Crippen LogP contribution in [0.15, 0.2) is 5.16 Å². The molecule has 106 valence electrons. The third-order valence-electron chi connectivity index (χ3n) is 3.21. The lowest BCUT2D eigenvalue weighted by Gasteiger charge is -2.37. The summed E-state index contributed by atoms with van der Waals surface area (Å²) >= 11 is 0. The molecule has 0 bridgehead atoms. The van der Waals surface area contributed by atoms with Gasteiger partial charge < -0.3 is 15.8 Å². The van der Waals surface area contributed by atoms with Crippen LogP contribution in [0.3, 0.4) is 0 Å². The summed E-state index contributed by atoms with van der Waals surface area (Å²) in [7, 11) is 0. The number of rotatable bonds is 4. The fourth-order valence-corrected chi connectivity index (χ4v) is 1.93. The molecule has 1 saturated heterocycles. The van der Waals surface area contributed by atoms with Crippen LogP contribution in [0.4, 0.5) is 13.2 Å². The largest absolute Gasteiger partial charge is 0.409 e. The predicted octanol–water partition coefficient (Wildman–Crippen LogP) is 0.691.